The number of carbonyl (C=O) groups excluding carboxylic acids is 1. The summed E-state index contributed by atoms with van der Waals surface area (Å²) in [7, 11) is 0. The summed E-state index contributed by atoms with van der Waals surface area (Å²) < 4.78 is 19.0. The number of benzene rings is 2. The summed E-state index contributed by atoms with van der Waals surface area (Å²) in [5.74, 6) is 0.445. The maximum absolute atomic E-state index is 13.2. The van der Waals surface area contributed by atoms with E-state index in [1.165, 1.54) is 23.5 Å². The lowest BCUT2D eigenvalue weighted by Gasteiger charge is -2.34. The van der Waals surface area contributed by atoms with E-state index < -0.39 is 0 Å². The molecule has 162 valence electrons. The Labute approximate surface area is 194 Å². The molecule has 8 heteroatoms. The molecule has 2 aromatic carbocycles. The third-order valence-corrected chi connectivity index (χ3v) is 6.72. The number of piperazine rings is 1. The first-order chi connectivity index (χ1) is 15.0. The number of rotatable bonds is 6. The lowest BCUT2D eigenvalue weighted by molar-refractivity contribution is 0.0633. The number of carbonyl (C=O) groups is 1. The van der Waals surface area contributed by atoms with Crippen molar-refractivity contribution < 1.29 is 13.9 Å². The topological polar surface area (TPSA) is 32.8 Å². The third kappa shape index (κ3) is 5.77. The fourth-order valence-electron chi connectivity index (χ4n) is 3.42. The van der Waals surface area contributed by atoms with E-state index in [-0.39, 0.29) is 11.7 Å². The Morgan fingerprint density at radius 3 is 2.48 bits per heavy atom. The van der Waals surface area contributed by atoms with Crippen LogP contribution in [-0.4, -0.2) is 41.9 Å². The average Bonchev–Trinajstić information content (AvgIpc) is 3.24. The Bertz CT molecular complexity index is 1050. The molecule has 0 atom stereocenters. The van der Waals surface area contributed by atoms with Crippen molar-refractivity contribution >= 4 is 40.4 Å². The van der Waals surface area contributed by atoms with E-state index >= 15 is 0 Å². The van der Waals surface area contributed by atoms with Crippen molar-refractivity contribution in [2.75, 3.05) is 26.2 Å². The van der Waals surface area contributed by atoms with Crippen molar-refractivity contribution in [2.24, 2.45) is 0 Å². The molecule has 1 aliphatic rings. The monoisotopic (exact) mass is 478 g/mol. The van der Waals surface area contributed by atoms with Crippen LogP contribution in [0.4, 0.5) is 4.39 Å². The zero-order valence-corrected chi connectivity index (χ0v) is 19.0. The van der Waals surface area contributed by atoms with Crippen LogP contribution in [-0.2, 0) is 13.2 Å². The summed E-state index contributed by atoms with van der Waals surface area (Å²) in [5, 5.41) is 3.05. The zero-order valence-electron chi connectivity index (χ0n) is 16.7. The van der Waals surface area contributed by atoms with Crippen LogP contribution >= 0.6 is 34.5 Å². The summed E-state index contributed by atoms with van der Waals surface area (Å²) in [5.41, 5.74) is 1.86. The number of hydrogen-bond acceptors (Lipinski definition) is 4. The second-order valence-corrected chi connectivity index (χ2v) is 9.12. The van der Waals surface area contributed by atoms with Gasteiger partial charge in [-0.2, -0.15) is 0 Å². The number of amides is 1. The van der Waals surface area contributed by atoms with E-state index in [2.05, 4.69) is 4.90 Å². The lowest BCUT2D eigenvalue weighted by atomic mass is 10.2. The van der Waals surface area contributed by atoms with Crippen molar-refractivity contribution in [1.29, 1.82) is 0 Å². The molecular weight excluding hydrogens is 458 g/mol. The van der Waals surface area contributed by atoms with E-state index in [0.29, 0.717) is 41.2 Å². The average molecular weight is 479 g/mol. The highest BCUT2D eigenvalue weighted by Crippen LogP contribution is 2.23. The molecule has 0 unspecified atom stereocenters. The first-order valence-corrected chi connectivity index (χ1v) is 11.5. The van der Waals surface area contributed by atoms with Crippen molar-refractivity contribution in [3.05, 3.63) is 85.8 Å². The van der Waals surface area contributed by atoms with Gasteiger partial charge in [-0.1, -0.05) is 29.3 Å². The predicted octanol–water partition coefficient (Wildman–Crippen LogP) is 5.73. The molecule has 1 amide bonds. The van der Waals surface area contributed by atoms with Crippen LogP contribution in [0.2, 0.25) is 10.0 Å². The zero-order chi connectivity index (χ0) is 21.8. The van der Waals surface area contributed by atoms with E-state index in [4.69, 9.17) is 27.9 Å². The van der Waals surface area contributed by atoms with Crippen LogP contribution in [0.1, 0.15) is 20.8 Å². The molecule has 1 aromatic heterocycles. The number of nitrogens with zero attached hydrogens (tertiary/aromatic N) is 2. The molecule has 0 N–H and O–H groups in total. The van der Waals surface area contributed by atoms with Crippen LogP contribution in [0.5, 0.6) is 5.75 Å². The molecular formula is C23H21Cl2FN2O2S. The first kappa shape index (κ1) is 22.1. The Morgan fingerprint density at radius 2 is 1.77 bits per heavy atom. The van der Waals surface area contributed by atoms with Gasteiger partial charge in [0.25, 0.3) is 5.91 Å². The maximum Gasteiger partial charge on any atom is 0.264 e. The Hall–Kier alpha value is -2.12. The number of thiophene rings is 1. The van der Waals surface area contributed by atoms with Crippen LogP contribution in [0.25, 0.3) is 0 Å². The summed E-state index contributed by atoms with van der Waals surface area (Å²) in [4.78, 5) is 17.7. The minimum Gasteiger partial charge on any atom is -0.489 e. The molecule has 0 bridgehead atoms. The van der Waals surface area contributed by atoms with E-state index in [1.807, 2.05) is 28.5 Å². The maximum atomic E-state index is 13.2. The number of halogens is 3. The van der Waals surface area contributed by atoms with Gasteiger partial charge in [0, 0.05) is 48.3 Å². The molecule has 3 aromatic rings. The molecule has 4 nitrogen and oxygen atoms in total. The smallest absolute Gasteiger partial charge is 0.264 e. The molecule has 1 aliphatic heterocycles. The molecule has 1 fully saturated rings. The predicted molar refractivity (Wildman–Crippen MR) is 123 cm³/mol. The van der Waals surface area contributed by atoms with E-state index in [1.54, 1.807) is 18.2 Å². The Kier molecular flexibility index (Phi) is 7.13. The van der Waals surface area contributed by atoms with Crippen molar-refractivity contribution in [2.45, 2.75) is 13.2 Å². The molecule has 2 heterocycles. The first-order valence-electron chi connectivity index (χ1n) is 9.89. The van der Waals surface area contributed by atoms with Gasteiger partial charge < -0.3 is 9.64 Å². The van der Waals surface area contributed by atoms with Crippen LogP contribution in [0.15, 0.2) is 53.9 Å². The van der Waals surface area contributed by atoms with Gasteiger partial charge in [0.2, 0.25) is 0 Å². The Morgan fingerprint density at radius 1 is 1.03 bits per heavy atom. The quantitative estimate of drug-likeness (QED) is 0.453. The summed E-state index contributed by atoms with van der Waals surface area (Å²) in [6.07, 6.45) is 0. The lowest BCUT2D eigenvalue weighted by Crippen LogP contribution is -2.48. The van der Waals surface area contributed by atoms with E-state index in [9.17, 15) is 9.18 Å². The summed E-state index contributed by atoms with van der Waals surface area (Å²) in [6.45, 7) is 3.83. The van der Waals surface area contributed by atoms with Crippen molar-refractivity contribution in [3.63, 3.8) is 0 Å². The van der Waals surface area contributed by atoms with Gasteiger partial charge in [-0.25, -0.2) is 4.39 Å². The van der Waals surface area contributed by atoms with Crippen molar-refractivity contribution in [3.8, 4) is 5.75 Å². The minimum absolute atomic E-state index is 0.0437. The molecule has 0 spiro atoms. The third-order valence-electron chi connectivity index (χ3n) is 5.15. The normalized spacial score (nSPS) is 14.6. The van der Waals surface area contributed by atoms with Gasteiger partial charge in [0.15, 0.2) is 0 Å². The van der Waals surface area contributed by atoms with E-state index in [0.717, 1.165) is 30.0 Å². The van der Waals surface area contributed by atoms with Crippen molar-refractivity contribution in [1.82, 2.24) is 9.80 Å². The Balaban J connectivity index is 1.28. The SMILES string of the molecule is O=C(c1cc(COc2ccc(Cl)cc2)cs1)N1CCN(Cc2ccc(F)cc2Cl)CC1. The van der Waals surface area contributed by atoms with Gasteiger partial charge in [0.1, 0.15) is 18.2 Å². The van der Waals surface area contributed by atoms with Gasteiger partial charge in [0.05, 0.1) is 4.88 Å². The van der Waals surface area contributed by atoms with Gasteiger partial charge >= 0.3 is 0 Å². The highest BCUT2D eigenvalue weighted by atomic mass is 35.5. The van der Waals surface area contributed by atoms with Gasteiger partial charge in [-0.15, -0.1) is 11.3 Å². The molecule has 0 saturated carbocycles. The molecule has 4 rings (SSSR count). The highest BCUT2D eigenvalue weighted by molar-refractivity contribution is 7.12. The largest absolute Gasteiger partial charge is 0.489 e. The standard InChI is InChI=1S/C23H21Cl2FN2O2S/c24-18-2-5-20(6-3-18)30-14-16-11-22(31-15-16)23(29)28-9-7-27(8-10-28)13-17-1-4-19(26)12-21(17)25/h1-6,11-12,15H,7-10,13-14H2. The summed E-state index contributed by atoms with van der Waals surface area (Å²) >= 11 is 13.5. The van der Waals surface area contributed by atoms with Gasteiger partial charge in [-0.05, 0) is 53.4 Å². The van der Waals surface area contributed by atoms with Crippen LogP contribution in [0.3, 0.4) is 0 Å². The van der Waals surface area contributed by atoms with Crippen LogP contribution in [0, 0.1) is 5.82 Å². The van der Waals surface area contributed by atoms with Gasteiger partial charge in [-0.3, -0.25) is 9.69 Å². The van der Waals surface area contributed by atoms with Crippen LogP contribution < -0.4 is 4.74 Å². The molecule has 0 radical (unpaired) electrons. The second-order valence-electron chi connectivity index (χ2n) is 7.37. The second kappa shape index (κ2) is 10.0. The molecule has 0 aliphatic carbocycles. The molecule has 31 heavy (non-hydrogen) atoms. The summed E-state index contributed by atoms with van der Waals surface area (Å²) in [6, 6.07) is 13.6. The molecule has 1 saturated heterocycles. The fourth-order valence-corrected chi connectivity index (χ4v) is 4.63. The minimum atomic E-state index is -0.335. The fraction of sp³-hybridized carbons (Fsp3) is 0.261. The number of hydrogen-bond donors (Lipinski definition) is 0. The highest BCUT2D eigenvalue weighted by Gasteiger charge is 2.23. The number of ether oxygens (including phenoxy) is 1.